The summed E-state index contributed by atoms with van der Waals surface area (Å²) in [4.78, 5) is 8.80. The topological polar surface area (TPSA) is 103 Å². The van der Waals surface area contributed by atoms with E-state index in [2.05, 4.69) is 44.8 Å². The number of unbranched alkanes of at least 4 members (excludes halogenated alkanes) is 1. The first-order valence-electron chi connectivity index (χ1n) is 11.3. The molecule has 0 saturated heterocycles. The van der Waals surface area contributed by atoms with Crippen molar-refractivity contribution < 1.29 is 4.74 Å². The lowest BCUT2D eigenvalue weighted by Gasteiger charge is -2.15. The molecule has 1 aliphatic carbocycles. The first-order valence-corrected chi connectivity index (χ1v) is 11.3. The molecule has 0 bridgehead atoms. The van der Waals surface area contributed by atoms with Crippen LogP contribution in [0.5, 0.6) is 5.75 Å². The van der Waals surface area contributed by atoms with Crippen LogP contribution in [0, 0.1) is 0 Å². The maximum atomic E-state index is 5.92. The monoisotopic (exact) mass is 423 g/mol. The lowest BCUT2D eigenvalue weighted by Crippen LogP contribution is -2.25. The number of anilines is 2. The SMILES string of the molecule is CCCCNc1nc(N)nc2cnn(Cc3cc(CNC4CCCC4)ccc3OC)c12. The maximum absolute atomic E-state index is 5.92. The average Bonchev–Trinajstić information content (AvgIpc) is 3.43. The van der Waals surface area contributed by atoms with Gasteiger partial charge in [-0.3, -0.25) is 4.68 Å². The molecule has 31 heavy (non-hydrogen) atoms. The van der Waals surface area contributed by atoms with Crippen LogP contribution in [0.2, 0.25) is 0 Å². The van der Waals surface area contributed by atoms with Crippen molar-refractivity contribution in [2.24, 2.45) is 0 Å². The molecule has 1 aliphatic rings. The number of aromatic nitrogens is 4. The van der Waals surface area contributed by atoms with Crippen LogP contribution in [0.25, 0.3) is 11.0 Å². The van der Waals surface area contributed by atoms with Crippen LogP contribution in [-0.2, 0) is 13.1 Å². The third-order valence-electron chi connectivity index (χ3n) is 5.94. The molecule has 0 amide bonds. The van der Waals surface area contributed by atoms with E-state index in [0.717, 1.165) is 54.1 Å². The van der Waals surface area contributed by atoms with E-state index in [-0.39, 0.29) is 5.95 Å². The zero-order valence-corrected chi connectivity index (χ0v) is 18.5. The normalized spacial score (nSPS) is 14.4. The third kappa shape index (κ3) is 5.07. The molecule has 1 saturated carbocycles. The molecule has 166 valence electrons. The first-order chi connectivity index (χ1) is 15.2. The van der Waals surface area contributed by atoms with Crippen molar-refractivity contribution in [3.05, 3.63) is 35.5 Å². The van der Waals surface area contributed by atoms with Gasteiger partial charge in [0.05, 0.1) is 19.9 Å². The predicted octanol–water partition coefficient (Wildman–Crippen LogP) is 3.71. The van der Waals surface area contributed by atoms with E-state index in [4.69, 9.17) is 10.5 Å². The number of benzene rings is 1. The molecular formula is C23H33N7O. The number of fused-ring (bicyclic) bond motifs is 1. The summed E-state index contributed by atoms with van der Waals surface area (Å²) in [6.07, 6.45) is 9.13. The molecule has 2 heterocycles. The summed E-state index contributed by atoms with van der Waals surface area (Å²) in [5, 5.41) is 11.7. The van der Waals surface area contributed by atoms with Gasteiger partial charge in [0.15, 0.2) is 5.82 Å². The fourth-order valence-corrected chi connectivity index (χ4v) is 4.26. The van der Waals surface area contributed by atoms with Crippen LogP contribution >= 0.6 is 0 Å². The number of nitrogens with two attached hydrogens (primary N) is 1. The van der Waals surface area contributed by atoms with E-state index in [1.165, 1.54) is 31.2 Å². The number of rotatable bonds is 10. The highest BCUT2D eigenvalue weighted by molar-refractivity contribution is 5.86. The smallest absolute Gasteiger partial charge is 0.222 e. The Morgan fingerprint density at radius 2 is 2.06 bits per heavy atom. The van der Waals surface area contributed by atoms with Gasteiger partial charge in [-0.05, 0) is 37.0 Å². The lowest BCUT2D eigenvalue weighted by molar-refractivity contribution is 0.407. The van der Waals surface area contributed by atoms with Gasteiger partial charge < -0.3 is 21.1 Å². The molecule has 4 N–H and O–H groups in total. The molecule has 0 unspecified atom stereocenters. The fraction of sp³-hybridized carbons (Fsp3) is 0.522. The third-order valence-corrected chi connectivity index (χ3v) is 5.94. The number of nitrogens with zero attached hydrogens (tertiary/aromatic N) is 4. The number of nitrogens with one attached hydrogen (secondary N) is 2. The summed E-state index contributed by atoms with van der Waals surface area (Å²) in [7, 11) is 1.71. The molecule has 0 radical (unpaired) electrons. The Bertz CT molecular complexity index is 1010. The van der Waals surface area contributed by atoms with E-state index in [1.807, 2.05) is 10.7 Å². The zero-order chi connectivity index (χ0) is 21.6. The highest BCUT2D eigenvalue weighted by Gasteiger charge is 2.16. The van der Waals surface area contributed by atoms with Crippen molar-refractivity contribution >= 4 is 22.8 Å². The van der Waals surface area contributed by atoms with Crippen molar-refractivity contribution in [2.45, 2.75) is 64.6 Å². The Morgan fingerprint density at radius 1 is 1.23 bits per heavy atom. The molecule has 3 aromatic rings. The van der Waals surface area contributed by atoms with Gasteiger partial charge in [-0.2, -0.15) is 10.1 Å². The minimum Gasteiger partial charge on any atom is -0.496 e. The molecule has 1 aromatic carbocycles. The van der Waals surface area contributed by atoms with Gasteiger partial charge in [0.1, 0.15) is 16.8 Å². The molecule has 8 nitrogen and oxygen atoms in total. The highest BCUT2D eigenvalue weighted by Crippen LogP contribution is 2.26. The highest BCUT2D eigenvalue weighted by atomic mass is 16.5. The second-order valence-corrected chi connectivity index (χ2v) is 8.26. The van der Waals surface area contributed by atoms with Crippen LogP contribution in [0.4, 0.5) is 11.8 Å². The minimum atomic E-state index is 0.253. The number of nitrogen functional groups attached to an aromatic ring is 1. The largest absolute Gasteiger partial charge is 0.496 e. The molecule has 8 heteroatoms. The average molecular weight is 424 g/mol. The summed E-state index contributed by atoms with van der Waals surface area (Å²) in [5.41, 5.74) is 9.85. The van der Waals surface area contributed by atoms with Gasteiger partial charge in [0.25, 0.3) is 0 Å². The predicted molar refractivity (Wildman–Crippen MR) is 124 cm³/mol. The van der Waals surface area contributed by atoms with Crippen LogP contribution in [0.3, 0.4) is 0 Å². The van der Waals surface area contributed by atoms with Gasteiger partial charge in [0.2, 0.25) is 5.95 Å². The maximum Gasteiger partial charge on any atom is 0.222 e. The molecule has 0 spiro atoms. The summed E-state index contributed by atoms with van der Waals surface area (Å²) in [5.74, 6) is 1.83. The van der Waals surface area contributed by atoms with Crippen molar-refractivity contribution in [3.63, 3.8) is 0 Å². The Kier molecular flexibility index (Phi) is 6.86. The zero-order valence-electron chi connectivity index (χ0n) is 18.5. The second kappa shape index (κ2) is 9.96. The van der Waals surface area contributed by atoms with Crippen molar-refractivity contribution in [1.82, 2.24) is 25.1 Å². The number of methoxy groups -OCH3 is 1. The van der Waals surface area contributed by atoms with Crippen LogP contribution in [-0.4, -0.2) is 39.4 Å². The van der Waals surface area contributed by atoms with Gasteiger partial charge >= 0.3 is 0 Å². The first kappa shape index (κ1) is 21.4. The van der Waals surface area contributed by atoms with E-state index in [0.29, 0.717) is 12.6 Å². The molecular weight excluding hydrogens is 390 g/mol. The Morgan fingerprint density at radius 3 is 2.84 bits per heavy atom. The Hall–Kier alpha value is -2.87. The number of hydrogen-bond donors (Lipinski definition) is 3. The summed E-state index contributed by atoms with van der Waals surface area (Å²) in [6.45, 7) is 4.43. The van der Waals surface area contributed by atoms with E-state index < -0.39 is 0 Å². The van der Waals surface area contributed by atoms with Crippen LogP contribution in [0.1, 0.15) is 56.6 Å². The quantitative estimate of drug-likeness (QED) is 0.427. The lowest BCUT2D eigenvalue weighted by atomic mass is 10.1. The van der Waals surface area contributed by atoms with Crippen LogP contribution in [0.15, 0.2) is 24.4 Å². The second-order valence-electron chi connectivity index (χ2n) is 8.26. The molecule has 1 fully saturated rings. The Labute approximate surface area is 183 Å². The summed E-state index contributed by atoms with van der Waals surface area (Å²) < 4.78 is 7.57. The van der Waals surface area contributed by atoms with Gasteiger partial charge in [-0.1, -0.05) is 32.3 Å². The summed E-state index contributed by atoms with van der Waals surface area (Å²) in [6, 6.07) is 7.02. The van der Waals surface area contributed by atoms with Gasteiger partial charge in [-0.15, -0.1) is 0 Å². The Balaban J connectivity index is 1.59. The number of ether oxygens (including phenoxy) is 1. The summed E-state index contributed by atoms with van der Waals surface area (Å²) >= 11 is 0. The molecule has 2 aromatic heterocycles. The fourth-order valence-electron chi connectivity index (χ4n) is 4.26. The molecule has 4 rings (SSSR count). The van der Waals surface area contributed by atoms with Gasteiger partial charge in [0, 0.05) is 24.7 Å². The molecule has 0 atom stereocenters. The van der Waals surface area contributed by atoms with E-state index >= 15 is 0 Å². The van der Waals surface area contributed by atoms with Crippen molar-refractivity contribution in [2.75, 3.05) is 24.7 Å². The number of hydrogen-bond acceptors (Lipinski definition) is 7. The van der Waals surface area contributed by atoms with Crippen molar-refractivity contribution in [3.8, 4) is 5.75 Å². The minimum absolute atomic E-state index is 0.253. The standard InChI is InChI=1S/C23H33N7O/c1-3-4-11-25-22-21-19(28-23(24)29-22)14-27-30(21)15-17-12-16(9-10-20(17)31-2)13-26-18-7-5-6-8-18/h9-10,12,14,18,26H,3-8,11,13,15H2,1-2H3,(H3,24,25,28,29). The van der Waals surface area contributed by atoms with Crippen molar-refractivity contribution in [1.29, 1.82) is 0 Å². The van der Waals surface area contributed by atoms with Gasteiger partial charge in [-0.25, -0.2) is 4.98 Å². The molecule has 0 aliphatic heterocycles. The van der Waals surface area contributed by atoms with E-state index in [1.54, 1.807) is 13.3 Å². The van der Waals surface area contributed by atoms with E-state index in [9.17, 15) is 0 Å². The van der Waals surface area contributed by atoms with Crippen LogP contribution < -0.4 is 21.1 Å².